The topological polar surface area (TPSA) is 94.8 Å². The van der Waals surface area contributed by atoms with Gasteiger partial charge in [-0.15, -0.1) is 0 Å². The van der Waals surface area contributed by atoms with Crippen LogP contribution in [0.1, 0.15) is 53.9 Å². The molecule has 3 N–H and O–H groups in total. The Hall–Kier alpha value is -1.52. The predicted octanol–water partition coefficient (Wildman–Crippen LogP) is 4.79. The predicted molar refractivity (Wildman–Crippen MR) is 106 cm³/mol. The summed E-state index contributed by atoms with van der Waals surface area (Å²) in [5.41, 5.74) is 5.48. The highest BCUT2D eigenvalue weighted by molar-refractivity contribution is 7.45. The average molecular weight is 382 g/mol. The number of phosphoric acid groups is 1. The molecule has 0 aromatic carbocycles. The third-order valence-corrected chi connectivity index (χ3v) is 4.10. The smallest absolute Gasteiger partial charge is 0.303 e. The molecule has 1 rings (SSSR count). The molecule has 0 fully saturated rings. The number of hydrogen-bond donors (Lipinski definition) is 3. The van der Waals surface area contributed by atoms with Crippen molar-refractivity contribution in [1.29, 1.82) is 0 Å². The molecule has 1 aliphatic rings. The summed E-state index contributed by atoms with van der Waals surface area (Å²) in [4.78, 5) is 31.9. The minimum Gasteiger partial charge on any atom is -0.303 e. The van der Waals surface area contributed by atoms with E-state index < -0.39 is 7.82 Å². The number of carbonyl (C=O) groups is 1. The highest BCUT2D eigenvalue weighted by atomic mass is 31.2. The fraction of sp³-hybridized carbons (Fsp3) is 0.450. The third kappa shape index (κ3) is 11.9. The number of aldehydes is 1. The number of carbonyl (C=O) groups excluding carboxylic acids is 1. The van der Waals surface area contributed by atoms with Crippen LogP contribution < -0.4 is 0 Å². The first-order valence-electron chi connectivity index (χ1n) is 8.50. The molecule has 0 aliphatic heterocycles. The van der Waals surface area contributed by atoms with Crippen molar-refractivity contribution in [2.75, 3.05) is 0 Å². The van der Waals surface area contributed by atoms with E-state index in [0.717, 1.165) is 11.9 Å². The van der Waals surface area contributed by atoms with E-state index in [-0.39, 0.29) is 5.41 Å². The van der Waals surface area contributed by atoms with Crippen LogP contribution in [0.5, 0.6) is 0 Å². The molecule has 0 aromatic rings. The highest BCUT2D eigenvalue weighted by Crippen LogP contribution is 2.40. The lowest BCUT2D eigenvalue weighted by Gasteiger charge is -2.32. The van der Waals surface area contributed by atoms with Crippen molar-refractivity contribution >= 4 is 14.1 Å². The second kappa shape index (κ2) is 11.2. The summed E-state index contributed by atoms with van der Waals surface area (Å²) in [5.74, 6) is 0. The molecule has 0 saturated heterocycles. The molecule has 6 heteroatoms. The van der Waals surface area contributed by atoms with Crippen molar-refractivity contribution in [2.45, 2.75) is 53.9 Å². The SMILES string of the molecule is CC(C=CC=C(C)C=CC1=C(C)CCCC1(C)C)=CC=O.O=P(O)(O)O. The standard InChI is InChI=1S/C20H28O.H3O4P/c1-16(8-6-9-17(2)13-15-21)11-12-19-18(3)10-7-14-20(19,4)5;1-5(2,3)4/h6,8-9,11-13,15H,7,10,14H2,1-5H3;(H3,1,2,3,4). The quantitative estimate of drug-likeness (QED) is 0.275. The minimum atomic E-state index is -4.64. The number of hydrogen-bond acceptors (Lipinski definition) is 2. The average Bonchev–Trinajstić information content (AvgIpc) is 2.44. The van der Waals surface area contributed by atoms with Crippen LogP contribution in [0.15, 0.2) is 58.7 Å². The van der Waals surface area contributed by atoms with Crippen molar-refractivity contribution < 1.29 is 24.0 Å². The van der Waals surface area contributed by atoms with E-state index in [1.165, 1.54) is 36.0 Å². The lowest BCUT2D eigenvalue weighted by Crippen LogP contribution is -2.19. The van der Waals surface area contributed by atoms with Gasteiger partial charge in [-0.25, -0.2) is 4.57 Å². The van der Waals surface area contributed by atoms with E-state index in [2.05, 4.69) is 45.9 Å². The molecule has 0 amide bonds. The lowest BCUT2D eigenvalue weighted by atomic mass is 9.72. The van der Waals surface area contributed by atoms with Gasteiger partial charge in [-0.05, 0) is 62.7 Å². The Labute approximate surface area is 156 Å². The van der Waals surface area contributed by atoms with Gasteiger partial charge in [0, 0.05) is 0 Å². The molecule has 0 radical (unpaired) electrons. The first-order chi connectivity index (χ1) is 11.9. The van der Waals surface area contributed by atoms with Crippen LogP contribution in [0.3, 0.4) is 0 Å². The van der Waals surface area contributed by atoms with Gasteiger partial charge >= 0.3 is 7.82 Å². The maximum atomic E-state index is 10.3. The van der Waals surface area contributed by atoms with Gasteiger partial charge in [-0.3, -0.25) is 4.79 Å². The Morgan fingerprint density at radius 3 is 2.12 bits per heavy atom. The van der Waals surface area contributed by atoms with E-state index in [9.17, 15) is 4.79 Å². The van der Waals surface area contributed by atoms with Gasteiger partial charge in [-0.1, -0.05) is 55.4 Å². The summed E-state index contributed by atoms with van der Waals surface area (Å²) in [7, 11) is -4.64. The monoisotopic (exact) mass is 382 g/mol. The van der Waals surface area contributed by atoms with Gasteiger partial charge in [0.25, 0.3) is 0 Å². The van der Waals surface area contributed by atoms with E-state index in [1.54, 1.807) is 6.08 Å². The molecule has 0 atom stereocenters. The normalized spacial score (nSPS) is 18.9. The van der Waals surface area contributed by atoms with Gasteiger partial charge in [-0.2, -0.15) is 0 Å². The maximum Gasteiger partial charge on any atom is 0.466 e. The Bertz CT molecular complexity index is 664. The lowest BCUT2D eigenvalue weighted by molar-refractivity contribution is -0.104. The maximum absolute atomic E-state index is 10.3. The summed E-state index contributed by atoms with van der Waals surface area (Å²) in [5, 5.41) is 0. The molecule has 5 nitrogen and oxygen atoms in total. The van der Waals surface area contributed by atoms with Crippen LogP contribution in [0, 0.1) is 5.41 Å². The first kappa shape index (κ1) is 24.5. The second-order valence-electron chi connectivity index (χ2n) is 7.09. The van der Waals surface area contributed by atoms with Crippen LogP contribution in [0.2, 0.25) is 0 Å². The number of allylic oxidation sites excluding steroid dienone is 10. The zero-order chi connectivity index (χ0) is 20.4. The van der Waals surface area contributed by atoms with Crippen molar-refractivity contribution in [2.24, 2.45) is 5.41 Å². The minimum absolute atomic E-state index is 0.290. The van der Waals surface area contributed by atoms with Crippen LogP contribution in [-0.2, 0) is 9.36 Å². The fourth-order valence-corrected chi connectivity index (χ4v) is 2.80. The van der Waals surface area contributed by atoms with E-state index in [1.807, 2.05) is 19.1 Å². The van der Waals surface area contributed by atoms with Crippen molar-refractivity contribution in [3.8, 4) is 0 Å². The largest absolute Gasteiger partial charge is 0.466 e. The van der Waals surface area contributed by atoms with Crippen LogP contribution in [0.25, 0.3) is 0 Å². The van der Waals surface area contributed by atoms with Gasteiger partial charge in [0.05, 0.1) is 0 Å². The Morgan fingerprint density at radius 2 is 1.62 bits per heavy atom. The van der Waals surface area contributed by atoms with Gasteiger partial charge in [0.15, 0.2) is 0 Å². The number of rotatable bonds is 5. The Morgan fingerprint density at radius 1 is 1.08 bits per heavy atom. The Kier molecular flexibility index (Phi) is 10.6. The van der Waals surface area contributed by atoms with Crippen LogP contribution in [-0.4, -0.2) is 21.0 Å². The van der Waals surface area contributed by atoms with Gasteiger partial charge in [0.1, 0.15) is 6.29 Å². The summed E-state index contributed by atoms with van der Waals surface area (Å²) in [6.07, 6.45) is 16.6. The summed E-state index contributed by atoms with van der Waals surface area (Å²) in [6.45, 7) is 10.9. The van der Waals surface area contributed by atoms with E-state index in [0.29, 0.717) is 0 Å². The summed E-state index contributed by atoms with van der Waals surface area (Å²) in [6, 6.07) is 0. The van der Waals surface area contributed by atoms with Crippen molar-refractivity contribution in [3.05, 3.63) is 58.7 Å². The molecular formula is C20H31O5P. The van der Waals surface area contributed by atoms with Gasteiger partial charge < -0.3 is 14.7 Å². The molecule has 0 unspecified atom stereocenters. The molecule has 26 heavy (non-hydrogen) atoms. The molecule has 1 aliphatic carbocycles. The van der Waals surface area contributed by atoms with E-state index in [4.69, 9.17) is 19.2 Å². The molecule has 0 spiro atoms. The fourth-order valence-electron chi connectivity index (χ4n) is 2.80. The molecular weight excluding hydrogens is 351 g/mol. The van der Waals surface area contributed by atoms with E-state index >= 15 is 0 Å². The highest BCUT2D eigenvalue weighted by Gasteiger charge is 2.26. The zero-order valence-electron chi connectivity index (χ0n) is 16.3. The first-order valence-corrected chi connectivity index (χ1v) is 10.1. The third-order valence-electron chi connectivity index (χ3n) is 4.10. The molecule has 0 bridgehead atoms. The molecule has 0 aromatic heterocycles. The molecule has 146 valence electrons. The van der Waals surface area contributed by atoms with Crippen LogP contribution >= 0.6 is 7.82 Å². The van der Waals surface area contributed by atoms with Crippen LogP contribution in [0.4, 0.5) is 0 Å². The molecule has 0 heterocycles. The second-order valence-corrected chi connectivity index (χ2v) is 8.12. The molecule has 0 saturated carbocycles. The van der Waals surface area contributed by atoms with Crippen molar-refractivity contribution in [3.63, 3.8) is 0 Å². The van der Waals surface area contributed by atoms with Crippen molar-refractivity contribution in [1.82, 2.24) is 0 Å². The summed E-state index contributed by atoms with van der Waals surface area (Å²) >= 11 is 0. The van der Waals surface area contributed by atoms with Gasteiger partial charge in [0.2, 0.25) is 0 Å². The zero-order valence-corrected chi connectivity index (χ0v) is 17.2. The summed E-state index contributed by atoms with van der Waals surface area (Å²) < 4.78 is 8.88. The Balaban J connectivity index is 0.00000110.